The molecule has 0 aliphatic carbocycles. The van der Waals surface area contributed by atoms with E-state index in [1.54, 1.807) is 6.92 Å². The Morgan fingerprint density at radius 1 is 1.27 bits per heavy atom. The molecule has 2 aromatic rings. The lowest BCUT2D eigenvalue weighted by Gasteiger charge is -2.12. The van der Waals surface area contributed by atoms with E-state index >= 15 is 0 Å². The second-order valence-corrected chi connectivity index (χ2v) is 4.11. The molecule has 0 fully saturated rings. The van der Waals surface area contributed by atoms with Crippen LogP contribution in [0.5, 0.6) is 0 Å². The minimum atomic E-state index is 0.125. The lowest BCUT2D eigenvalue weighted by atomic mass is 10.2. The molecule has 2 heteroatoms. The number of para-hydroxylation sites is 1. The molecule has 1 aromatic heterocycles. The molecule has 0 atom stereocenters. The highest BCUT2D eigenvalue weighted by Crippen LogP contribution is 2.24. The summed E-state index contributed by atoms with van der Waals surface area (Å²) in [5, 5.41) is 1.14. The van der Waals surface area contributed by atoms with Crippen LogP contribution in [0.3, 0.4) is 0 Å². The Morgan fingerprint density at radius 2 is 1.93 bits per heavy atom. The van der Waals surface area contributed by atoms with Crippen LogP contribution in [-0.4, -0.2) is 10.4 Å². The molecule has 0 bridgehead atoms. The molecule has 2 nitrogen and oxygen atoms in total. The van der Waals surface area contributed by atoms with Gasteiger partial charge >= 0.3 is 0 Å². The van der Waals surface area contributed by atoms with E-state index in [0.29, 0.717) is 6.04 Å². The van der Waals surface area contributed by atoms with Crippen molar-refractivity contribution >= 4 is 16.7 Å². The second-order valence-electron chi connectivity index (χ2n) is 4.11. The highest BCUT2D eigenvalue weighted by atomic mass is 16.1. The van der Waals surface area contributed by atoms with Crippen molar-refractivity contribution in [3.05, 3.63) is 36.0 Å². The van der Waals surface area contributed by atoms with Crippen molar-refractivity contribution in [1.29, 1.82) is 0 Å². The molecular weight excluding hydrogens is 186 g/mol. The Bertz CT molecular complexity index is 508. The number of hydrogen-bond donors (Lipinski definition) is 0. The zero-order chi connectivity index (χ0) is 11.0. The lowest BCUT2D eigenvalue weighted by Crippen LogP contribution is -2.08. The number of aromatic nitrogens is 1. The van der Waals surface area contributed by atoms with E-state index in [2.05, 4.69) is 24.5 Å². The Hall–Kier alpha value is -1.57. The van der Waals surface area contributed by atoms with E-state index in [1.807, 2.05) is 24.3 Å². The molecule has 0 N–H and O–H groups in total. The number of ketones is 1. The Labute approximate surface area is 89.5 Å². The predicted molar refractivity (Wildman–Crippen MR) is 62.3 cm³/mol. The van der Waals surface area contributed by atoms with Crippen molar-refractivity contribution in [3.8, 4) is 0 Å². The molecule has 0 amide bonds. The van der Waals surface area contributed by atoms with Gasteiger partial charge in [-0.1, -0.05) is 18.2 Å². The molecule has 1 aromatic carbocycles. The maximum atomic E-state index is 11.5. The number of carbonyl (C=O) groups is 1. The zero-order valence-electron chi connectivity index (χ0n) is 9.32. The number of carbonyl (C=O) groups excluding carboxylic acids is 1. The van der Waals surface area contributed by atoms with Gasteiger partial charge in [-0.3, -0.25) is 4.79 Å². The molecule has 2 rings (SSSR count). The summed E-state index contributed by atoms with van der Waals surface area (Å²) < 4.78 is 2.09. The molecule has 0 aliphatic heterocycles. The maximum Gasteiger partial charge on any atom is 0.176 e. The Balaban J connectivity index is 2.80. The van der Waals surface area contributed by atoms with Gasteiger partial charge in [0.1, 0.15) is 0 Å². The van der Waals surface area contributed by atoms with Crippen molar-refractivity contribution < 1.29 is 4.79 Å². The van der Waals surface area contributed by atoms with Crippen molar-refractivity contribution in [2.45, 2.75) is 26.8 Å². The fourth-order valence-corrected chi connectivity index (χ4v) is 2.00. The topological polar surface area (TPSA) is 22.0 Å². The van der Waals surface area contributed by atoms with E-state index < -0.39 is 0 Å². The summed E-state index contributed by atoms with van der Waals surface area (Å²) >= 11 is 0. The van der Waals surface area contributed by atoms with Crippen LogP contribution < -0.4 is 0 Å². The van der Waals surface area contributed by atoms with Crippen LogP contribution in [0, 0.1) is 0 Å². The van der Waals surface area contributed by atoms with Crippen LogP contribution >= 0.6 is 0 Å². The number of hydrogen-bond acceptors (Lipinski definition) is 1. The third-order valence-corrected chi connectivity index (χ3v) is 2.63. The van der Waals surface area contributed by atoms with Gasteiger partial charge in [-0.2, -0.15) is 0 Å². The van der Waals surface area contributed by atoms with Gasteiger partial charge in [0.05, 0.1) is 5.69 Å². The molecule has 0 radical (unpaired) electrons. The highest BCUT2D eigenvalue weighted by Gasteiger charge is 2.13. The highest BCUT2D eigenvalue weighted by molar-refractivity contribution is 5.98. The first-order valence-electron chi connectivity index (χ1n) is 5.22. The van der Waals surface area contributed by atoms with Crippen LogP contribution in [0.1, 0.15) is 37.3 Å². The molecule has 78 valence electrons. The van der Waals surface area contributed by atoms with Crippen molar-refractivity contribution in [1.82, 2.24) is 4.57 Å². The van der Waals surface area contributed by atoms with E-state index in [1.165, 1.54) is 0 Å². The van der Waals surface area contributed by atoms with Gasteiger partial charge in [0.2, 0.25) is 0 Å². The lowest BCUT2D eigenvalue weighted by molar-refractivity contribution is 0.100. The minimum Gasteiger partial charge on any atom is -0.336 e. The number of benzene rings is 1. The van der Waals surface area contributed by atoms with Crippen molar-refractivity contribution in [3.63, 3.8) is 0 Å². The van der Waals surface area contributed by atoms with E-state index in [0.717, 1.165) is 16.6 Å². The molecule has 0 aliphatic rings. The first-order valence-corrected chi connectivity index (χ1v) is 5.22. The Kier molecular flexibility index (Phi) is 2.35. The first kappa shape index (κ1) is 9.97. The third kappa shape index (κ3) is 1.56. The van der Waals surface area contributed by atoms with Gasteiger partial charge in [-0.25, -0.2) is 0 Å². The smallest absolute Gasteiger partial charge is 0.176 e. The normalized spacial score (nSPS) is 11.2. The first-order chi connectivity index (χ1) is 7.11. The van der Waals surface area contributed by atoms with E-state index in [-0.39, 0.29) is 5.78 Å². The van der Waals surface area contributed by atoms with Gasteiger partial charge < -0.3 is 4.57 Å². The minimum absolute atomic E-state index is 0.125. The summed E-state index contributed by atoms with van der Waals surface area (Å²) in [4.78, 5) is 11.5. The van der Waals surface area contributed by atoms with Gasteiger partial charge in [0.15, 0.2) is 5.78 Å². The molecule has 0 saturated carbocycles. The van der Waals surface area contributed by atoms with Crippen LogP contribution in [-0.2, 0) is 0 Å². The van der Waals surface area contributed by atoms with Gasteiger partial charge in [0, 0.05) is 23.9 Å². The second kappa shape index (κ2) is 3.54. The molecule has 1 heterocycles. The van der Waals surface area contributed by atoms with Gasteiger partial charge in [-0.15, -0.1) is 0 Å². The SMILES string of the molecule is CC(=O)c1cc2ccccc2n1C(C)C. The quantitative estimate of drug-likeness (QED) is 0.682. The van der Waals surface area contributed by atoms with E-state index in [4.69, 9.17) is 0 Å². The average Bonchev–Trinajstić information content (AvgIpc) is 2.56. The maximum absolute atomic E-state index is 11.5. The number of Topliss-reactive ketones (excluding diaryl/α,β-unsaturated/α-hetero) is 1. The van der Waals surface area contributed by atoms with Crippen LogP contribution in [0.25, 0.3) is 10.9 Å². The molecule has 0 spiro atoms. The van der Waals surface area contributed by atoms with Crippen LogP contribution in [0.4, 0.5) is 0 Å². The van der Waals surface area contributed by atoms with E-state index in [9.17, 15) is 4.79 Å². The van der Waals surface area contributed by atoms with Gasteiger partial charge in [0.25, 0.3) is 0 Å². The fourth-order valence-electron chi connectivity index (χ4n) is 2.00. The third-order valence-electron chi connectivity index (χ3n) is 2.63. The average molecular weight is 201 g/mol. The zero-order valence-corrected chi connectivity index (χ0v) is 9.32. The predicted octanol–water partition coefficient (Wildman–Crippen LogP) is 3.42. The van der Waals surface area contributed by atoms with Crippen LogP contribution in [0.15, 0.2) is 30.3 Å². The number of nitrogens with zero attached hydrogens (tertiary/aromatic N) is 1. The summed E-state index contributed by atoms with van der Waals surface area (Å²) in [7, 11) is 0. The summed E-state index contributed by atoms with van der Waals surface area (Å²) in [6.45, 7) is 5.81. The monoisotopic (exact) mass is 201 g/mol. The fraction of sp³-hybridized carbons (Fsp3) is 0.308. The van der Waals surface area contributed by atoms with Crippen molar-refractivity contribution in [2.75, 3.05) is 0 Å². The largest absolute Gasteiger partial charge is 0.336 e. The summed E-state index contributed by atoms with van der Waals surface area (Å²) in [6.07, 6.45) is 0. The summed E-state index contributed by atoms with van der Waals surface area (Å²) in [6, 6.07) is 10.4. The molecule has 0 saturated heterocycles. The van der Waals surface area contributed by atoms with Crippen molar-refractivity contribution in [2.24, 2.45) is 0 Å². The Morgan fingerprint density at radius 3 is 2.53 bits per heavy atom. The number of fused-ring (bicyclic) bond motifs is 1. The standard InChI is InChI=1S/C13H15NO/c1-9(2)14-12-7-5-4-6-11(12)8-13(14)10(3)15/h4-9H,1-3H3. The molecule has 15 heavy (non-hydrogen) atoms. The number of rotatable bonds is 2. The summed E-state index contributed by atoms with van der Waals surface area (Å²) in [5.41, 5.74) is 1.93. The molecule has 0 unspecified atom stereocenters. The van der Waals surface area contributed by atoms with Crippen LogP contribution in [0.2, 0.25) is 0 Å². The molecular formula is C13H15NO. The summed E-state index contributed by atoms with van der Waals surface area (Å²) in [5.74, 6) is 0.125. The van der Waals surface area contributed by atoms with Gasteiger partial charge in [-0.05, 0) is 26.0 Å².